The Labute approximate surface area is 183 Å². The van der Waals surface area contributed by atoms with Gasteiger partial charge in [0.05, 0.1) is 0 Å². The highest BCUT2D eigenvalue weighted by molar-refractivity contribution is 7.98. The highest BCUT2D eigenvalue weighted by Gasteiger charge is 2.23. The van der Waals surface area contributed by atoms with Gasteiger partial charge in [-0.2, -0.15) is 11.8 Å². The Kier molecular flexibility index (Phi) is 7.72. The van der Waals surface area contributed by atoms with Crippen molar-refractivity contribution in [2.24, 2.45) is 0 Å². The minimum Gasteiger partial charge on any atom is -0.445 e. The summed E-state index contributed by atoms with van der Waals surface area (Å²) in [5, 5.41) is 3.33. The average molecular weight is 442 g/mol. The van der Waals surface area contributed by atoms with Gasteiger partial charge in [0, 0.05) is 17.5 Å². The summed E-state index contributed by atoms with van der Waals surface area (Å²) in [6, 6.07) is 14.6. The Hall–Kier alpha value is -3.26. The van der Waals surface area contributed by atoms with Crippen molar-refractivity contribution in [3.05, 3.63) is 76.1 Å². The summed E-state index contributed by atoms with van der Waals surface area (Å²) >= 11 is 1.55. The van der Waals surface area contributed by atoms with Crippen LogP contribution in [0, 0.1) is 6.92 Å². The van der Waals surface area contributed by atoms with Crippen molar-refractivity contribution in [2.75, 3.05) is 12.0 Å². The largest absolute Gasteiger partial charge is 0.445 e. The number of esters is 1. The molecular formula is C23H23NO6S. The summed E-state index contributed by atoms with van der Waals surface area (Å²) in [5.74, 6) is 0.241. The van der Waals surface area contributed by atoms with E-state index in [1.54, 1.807) is 30.8 Å². The molecule has 0 spiro atoms. The van der Waals surface area contributed by atoms with Crippen molar-refractivity contribution in [3.63, 3.8) is 0 Å². The van der Waals surface area contributed by atoms with Crippen molar-refractivity contribution < 1.29 is 23.5 Å². The van der Waals surface area contributed by atoms with Gasteiger partial charge < -0.3 is 19.2 Å². The first-order valence-corrected chi connectivity index (χ1v) is 11.1. The van der Waals surface area contributed by atoms with E-state index in [0.29, 0.717) is 17.8 Å². The molecule has 0 aliphatic carbocycles. The molecule has 1 atom stereocenters. The first-order chi connectivity index (χ1) is 15.0. The fourth-order valence-corrected chi connectivity index (χ4v) is 3.42. The molecule has 0 saturated heterocycles. The van der Waals surface area contributed by atoms with Crippen molar-refractivity contribution in [3.8, 4) is 5.75 Å². The Morgan fingerprint density at radius 1 is 1.13 bits per heavy atom. The first-order valence-electron chi connectivity index (χ1n) is 9.68. The molecule has 0 radical (unpaired) electrons. The summed E-state index contributed by atoms with van der Waals surface area (Å²) in [5.41, 5.74) is 1.46. The molecule has 1 aromatic heterocycles. The molecule has 0 fully saturated rings. The third-order valence-corrected chi connectivity index (χ3v) is 5.19. The number of benzene rings is 2. The van der Waals surface area contributed by atoms with Crippen LogP contribution in [0.1, 0.15) is 17.5 Å². The maximum Gasteiger partial charge on any atom is 0.408 e. The van der Waals surface area contributed by atoms with E-state index < -0.39 is 23.7 Å². The lowest BCUT2D eigenvalue weighted by Gasteiger charge is -2.17. The SMILES string of the molecule is CSCC[C@H](NC(=O)OCc1ccccc1)C(=O)Oc1ccc2c(C)cc(=O)oc2c1. The molecule has 8 heteroatoms. The molecule has 31 heavy (non-hydrogen) atoms. The van der Waals surface area contributed by atoms with Crippen LogP contribution in [0.2, 0.25) is 0 Å². The fraction of sp³-hybridized carbons (Fsp3) is 0.261. The Balaban J connectivity index is 1.66. The minimum atomic E-state index is -0.879. The highest BCUT2D eigenvalue weighted by Crippen LogP contribution is 2.22. The van der Waals surface area contributed by atoms with Crippen LogP contribution in [-0.4, -0.2) is 30.1 Å². The Morgan fingerprint density at radius 3 is 2.65 bits per heavy atom. The van der Waals surface area contributed by atoms with E-state index in [1.165, 1.54) is 12.1 Å². The van der Waals surface area contributed by atoms with E-state index >= 15 is 0 Å². The molecule has 1 amide bonds. The lowest BCUT2D eigenvalue weighted by molar-refractivity contribution is -0.136. The normalized spacial score (nSPS) is 11.7. The standard InChI is InChI=1S/C23H23NO6S/c1-15-12-21(25)30-20-13-17(8-9-18(15)20)29-22(26)19(10-11-31-2)24-23(27)28-14-16-6-4-3-5-7-16/h3-9,12-13,19H,10-11,14H2,1-2H3,(H,24,27)/t19-/m0/s1. The third-order valence-electron chi connectivity index (χ3n) is 4.54. The molecule has 162 valence electrons. The zero-order chi connectivity index (χ0) is 22.2. The van der Waals surface area contributed by atoms with Crippen LogP contribution in [-0.2, 0) is 16.1 Å². The van der Waals surface area contributed by atoms with E-state index in [0.717, 1.165) is 16.5 Å². The number of amides is 1. The maximum atomic E-state index is 12.7. The zero-order valence-electron chi connectivity index (χ0n) is 17.3. The van der Waals surface area contributed by atoms with Crippen molar-refractivity contribution in [1.82, 2.24) is 5.32 Å². The molecule has 3 aromatic rings. The Morgan fingerprint density at radius 2 is 1.90 bits per heavy atom. The first kappa shape index (κ1) is 22.4. The number of hydrogen-bond acceptors (Lipinski definition) is 7. The highest BCUT2D eigenvalue weighted by atomic mass is 32.2. The van der Waals surface area contributed by atoms with Gasteiger partial charge in [-0.25, -0.2) is 14.4 Å². The van der Waals surface area contributed by atoms with Gasteiger partial charge in [-0.3, -0.25) is 0 Å². The second-order valence-electron chi connectivity index (χ2n) is 6.87. The number of ether oxygens (including phenoxy) is 2. The number of alkyl carbamates (subject to hydrolysis) is 1. The number of rotatable bonds is 8. The molecule has 7 nitrogen and oxygen atoms in total. The van der Waals surface area contributed by atoms with Crippen LogP contribution < -0.4 is 15.7 Å². The number of fused-ring (bicyclic) bond motifs is 1. The van der Waals surface area contributed by atoms with Gasteiger partial charge in [-0.05, 0) is 48.6 Å². The lowest BCUT2D eigenvalue weighted by atomic mass is 10.1. The van der Waals surface area contributed by atoms with Crippen LogP contribution in [0.5, 0.6) is 5.75 Å². The van der Waals surface area contributed by atoms with E-state index in [1.807, 2.05) is 36.6 Å². The second kappa shape index (κ2) is 10.7. The van der Waals surface area contributed by atoms with Gasteiger partial charge in [0.25, 0.3) is 0 Å². The maximum absolute atomic E-state index is 12.7. The van der Waals surface area contributed by atoms with Gasteiger partial charge in [0.15, 0.2) is 0 Å². The summed E-state index contributed by atoms with van der Waals surface area (Å²) in [4.78, 5) is 36.5. The summed E-state index contributed by atoms with van der Waals surface area (Å²) in [6.45, 7) is 1.90. The molecule has 1 N–H and O–H groups in total. The van der Waals surface area contributed by atoms with Gasteiger partial charge in [-0.1, -0.05) is 30.3 Å². The van der Waals surface area contributed by atoms with Crippen LogP contribution in [0.15, 0.2) is 63.8 Å². The van der Waals surface area contributed by atoms with Crippen LogP contribution in [0.3, 0.4) is 0 Å². The molecule has 0 aliphatic rings. The number of aryl methyl sites for hydroxylation is 1. The zero-order valence-corrected chi connectivity index (χ0v) is 18.1. The van der Waals surface area contributed by atoms with Crippen LogP contribution >= 0.6 is 11.8 Å². The molecule has 0 saturated carbocycles. The smallest absolute Gasteiger partial charge is 0.408 e. The predicted molar refractivity (Wildman–Crippen MR) is 119 cm³/mol. The number of carbonyl (C=O) groups is 2. The monoisotopic (exact) mass is 441 g/mol. The number of hydrogen-bond donors (Lipinski definition) is 1. The summed E-state index contributed by atoms with van der Waals surface area (Å²) in [6.07, 6.45) is 1.58. The molecular weight excluding hydrogens is 418 g/mol. The van der Waals surface area contributed by atoms with Crippen molar-refractivity contribution in [1.29, 1.82) is 0 Å². The third kappa shape index (κ3) is 6.36. The topological polar surface area (TPSA) is 94.8 Å². The van der Waals surface area contributed by atoms with Crippen LogP contribution in [0.4, 0.5) is 4.79 Å². The van der Waals surface area contributed by atoms with E-state index in [-0.39, 0.29) is 12.4 Å². The number of carbonyl (C=O) groups excluding carboxylic acids is 2. The number of nitrogens with one attached hydrogen (secondary N) is 1. The average Bonchev–Trinajstić information content (AvgIpc) is 2.75. The van der Waals surface area contributed by atoms with Crippen LogP contribution in [0.25, 0.3) is 11.0 Å². The van der Waals surface area contributed by atoms with Gasteiger partial charge in [0.1, 0.15) is 24.0 Å². The second-order valence-corrected chi connectivity index (χ2v) is 7.85. The lowest BCUT2D eigenvalue weighted by Crippen LogP contribution is -2.43. The fourth-order valence-electron chi connectivity index (χ4n) is 2.95. The molecule has 2 aromatic carbocycles. The molecule has 1 heterocycles. The molecule has 3 rings (SSSR count). The summed E-state index contributed by atoms with van der Waals surface area (Å²) in [7, 11) is 0. The van der Waals surface area contributed by atoms with Gasteiger partial charge in [0.2, 0.25) is 0 Å². The van der Waals surface area contributed by atoms with Crippen molar-refractivity contribution in [2.45, 2.75) is 26.0 Å². The molecule has 0 unspecified atom stereocenters. The van der Waals surface area contributed by atoms with E-state index in [4.69, 9.17) is 13.9 Å². The number of thioether (sulfide) groups is 1. The molecule has 0 bridgehead atoms. The minimum absolute atomic E-state index is 0.0972. The summed E-state index contributed by atoms with van der Waals surface area (Å²) < 4.78 is 15.8. The van der Waals surface area contributed by atoms with E-state index in [2.05, 4.69) is 5.32 Å². The quantitative estimate of drug-likeness (QED) is 0.320. The van der Waals surface area contributed by atoms with E-state index in [9.17, 15) is 14.4 Å². The van der Waals surface area contributed by atoms with Gasteiger partial charge in [-0.15, -0.1) is 0 Å². The predicted octanol–water partition coefficient (Wildman–Crippen LogP) is 4.05. The van der Waals surface area contributed by atoms with Gasteiger partial charge >= 0.3 is 17.7 Å². The Bertz CT molecular complexity index is 1110. The van der Waals surface area contributed by atoms with Crippen molar-refractivity contribution >= 4 is 34.8 Å². The molecule has 0 aliphatic heterocycles.